The molecule has 2 rings (SSSR count). The molecule has 1 N–H and O–H groups in total. The fourth-order valence-corrected chi connectivity index (χ4v) is 2.01. The summed E-state index contributed by atoms with van der Waals surface area (Å²) in [6, 6.07) is 8.23. The molecule has 0 spiro atoms. The van der Waals surface area contributed by atoms with Gasteiger partial charge in [0.25, 0.3) is 5.91 Å². The predicted molar refractivity (Wildman–Crippen MR) is 83.1 cm³/mol. The van der Waals surface area contributed by atoms with Gasteiger partial charge in [0.2, 0.25) is 0 Å². The van der Waals surface area contributed by atoms with Gasteiger partial charge in [-0.05, 0) is 51.1 Å². The van der Waals surface area contributed by atoms with Crippen LogP contribution >= 0.6 is 11.6 Å². The molecule has 0 fully saturated rings. The first kappa shape index (κ1) is 16.1. The standard InChI is InChI=1S/C16H16ClNO4/c1-9-8-14(10(2)21-9)16(20)22-11(3)15(19)18-13-6-4-12(17)5-7-13/h4-8,11H,1-3H3,(H,18,19). The molecular weight excluding hydrogens is 306 g/mol. The Balaban J connectivity index is 1.97. The third-order valence-electron chi connectivity index (χ3n) is 3.03. The number of nitrogens with one attached hydrogen (secondary N) is 1. The number of rotatable bonds is 4. The molecule has 5 nitrogen and oxygen atoms in total. The number of ether oxygens (including phenoxy) is 1. The van der Waals surface area contributed by atoms with Gasteiger partial charge in [0, 0.05) is 10.7 Å². The molecule has 22 heavy (non-hydrogen) atoms. The summed E-state index contributed by atoms with van der Waals surface area (Å²) in [5.74, 6) is 0.0668. The number of esters is 1. The molecule has 0 aliphatic heterocycles. The van der Waals surface area contributed by atoms with Gasteiger partial charge >= 0.3 is 5.97 Å². The number of benzene rings is 1. The zero-order valence-corrected chi connectivity index (χ0v) is 13.2. The Bertz CT molecular complexity index is 691. The molecular formula is C16H16ClNO4. The van der Waals surface area contributed by atoms with E-state index in [1.165, 1.54) is 6.92 Å². The van der Waals surface area contributed by atoms with E-state index in [1.807, 2.05) is 0 Å². The smallest absolute Gasteiger partial charge is 0.342 e. The lowest BCUT2D eigenvalue weighted by Gasteiger charge is -2.13. The molecule has 0 radical (unpaired) electrons. The minimum absolute atomic E-state index is 0.323. The van der Waals surface area contributed by atoms with E-state index in [1.54, 1.807) is 44.2 Å². The van der Waals surface area contributed by atoms with E-state index in [0.717, 1.165) is 0 Å². The van der Waals surface area contributed by atoms with Crippen LogP contribution in [0.2, 0.25) is 5.02 Å². The molecule has 6 heteroatoms. The first-order valence-electron chi connectivity index (χ1n) is 6.71. The van der Waals surface area contributed by atoms with E-state index < -0.39 is 18.0 Å². The van der Waals surface area contributed by atoms with Crippen molar-refractivity contribution in [1.82, 2.24) is 0 Å². The van der Waals surface area contributed by atoms with E-state index in [-0.39, 0.29) is 0 Å². The first-order valence-corrected chi connectivity index (χ1v) is 7.09. The van der Waals surface area contributed by atoms with E-state index in [2.05, 4.69) is 5.32 Å². The molecule has 2 aromatic rings. The van der Waals surface area contributed by atoms with Gasteiger partial charge in [0.05, 0.1) is 0 Å². The fraction of sp³-hybridized carbons (Fsp3) is 0.250. The van der Waals surface area contributed by atoms with Crippen molar-refractivity contribution in [3.8, 4) is 0 Å². The highest BCUT2D eigenvalue weighted by atomic mass is 35.5. The van der Waals surface area contributed by atoms with Crippen molar-refractivity contribution in [2.75, 3.05) is 5.32 Å². The number of furan rings is 1. The number of aryl methyl sites for hydroxylation is 2. The minimum atomic E-state index is -0.933. The second kappa shape index (κ2) is 6.66. The maximum absolute atomic E-state index is 12.0. The van der Waals surface area contributed by atoms with Crippen molar-refractivity contribution in [3.63, 3.8) is 0 Å². The largest absolute Gasteiger partial charge is 0.466 e. The van der Waals surface area contributed by atoms with Crippen molar-refractivity contribution in [2.45, 2.75) is 26.9 Å². The summed E-state index contributed by atoms with van der Waals surface area (Å²) in [6.07, 6.45) is -0.933. The number of carbonyl (C=O) groups excluding carboxylic acids is 2. The first-order chi connectivity index (χ1) is 10.4. The molecule has 1 aromatic heterocycles. The molecule has 0 saturated heterocycles. The topological polar surface area (TPSA) is 68.5 Å². The molecule has 1 atom stereocenters. The van der Waals surface area contributed by atoms with Crippen LogP contribution in [0.15, 0.2) is 34.7 Å². The number of carbonyl (C=O) groups is 2. The SMILES string of the molecule is Cc1cc(C(=O)OC(C)C(=O)Nc2ccc(Cl)cc2)c(C)o1. The molecule has 1 amide bonds. The average Bonchev–Trinajstić information content (AvgIpc) is 2.80. The van der Waals surface area contributed by atoms with Crippen LogP contribution in [-0.2, 0) is 9.53 Å². The Morgan fingerprint density at radius 2 is 1.86 bits per heavy atom. The fourth-order valence-electron chi connectivity index (χ4n) is 1.89. The van der Waals surface area contributed by atoms with E-state index in [9.17, 15) is 9.59 Å². The second-order valence-corrected chi connectivity index (χ2v) is 5.31. The maximum atomic E-state index is 12.0. The van der Waals surface area contributed by atoms with Gasteiger partial charge in [-0.25, -0.2) is 4.79 Å². The van der Waals surface area contributed by atoms with Crippen LogP contribution < -0.4 is 5.32 Å². The van der Waals surface area contributed by atoms with Crippen molar-refractivity contribution in [1.29, 1.82) is 0 Å². The summed E-state index contributed by atoms with van der Waals surface area (Å²) in [5, 5.41) is 3.22. The lowest BCUT2D eigenvalue weighted by Crippen LogP contribution is -2.30. The summed E-state index contributed by atoms with van der Waals surface area (Å²) < 4.78 is 10.4. The number of amides is 1. The highest BCUT2D eigenvalue weighted by Crippen LogP contribution is 2.17. The predicted octanol–water partition coefficient (Wildman–Crippen LogP) is 3.73. The molecule has 0 aliphatic carbocycles. The van der Waals surface area contributed by atoms with Gasteiger partial charge in [0.15, 0.2) is 6.10 Å². The van der Waals surface area contributed by atoms with Gasteiger partial charge in [-0.2, -0.15) is 0 Å². The van der Waals surface area contributed by atoms with Crippen LogP contribution in [0.5, 0.6) is 0 Å². The third-order valence-corrected chi connectivity index (χ3v) is 3.28. The lowest BCUT2D eigenvalue weighted by atomic mass is 10.2. The number of hydrogen-bond donors (Lipinski definition) is 1. The Labute approximate surface area is 133 Å². The zero-order valence-electron chi connectivity index (χ0n) is 12.5. The summed E-state index contributed by atoms with van der Waals surface area (Å²) in [5.41, 5.74) is 0.899. The van der Waals surface area contributed by atoms with Gasteiger partial charge in [-0.1, -0.05) is 11.6 Å². The Hall–Kier alpha value is -2.27. The lowest BCUT2D eigenvalue weighted by molar-refractivity contribution is -0.123. The second-order valence-electron chi connectivity index (χ2n) is 4.87. The molecule has 0 bridgehead atoms. The highest BCUT2D eigenvalue weighted by Gasteiger charge is 2.22. The van der Waals surface area contributed by atoms with Crippen LogP contribution in [0.25, 0.3) is 0 Å². The van der Waals surface area contributed by atoms with Crippen molar-refractivity contribution >= 4 is 29.2 Å². The van der Waals surface area contributed by atoms with Crippen LogP contribution in [-0.4, -0.2) is 18.0 Å². The molecule has 0 saturated carbocycles. The summed E-state index contributed by atoms with van der Waals surface area (Å²) >= 11 is 5.77. The van der Waals surface area contributed by atoms with Crippen LogP contribution in [0.1, 0.15) is 28.8 Å². The molecule has 1 unspecified atom stereocenters. The summed E-state index contributed by atoms with van der Waals surface area (Å²) in [4.78, 5) is 24.0. The molecule has 1 heterocycles. The zero-order chi connectivity index (χ0) is 16.3. The van der Waals surface area contributed by atoms with Crippen LogP contribution in [0, 0.1) is 13.8 Å². The Morgan fingerprint density at radius 3 is 2.41 bits per heavy atom. The normalized spacial score (nSPS) is 11.8. The van der Waals surface area contributed by atoms with Gasteiger partial charge in [0.1, 0.15) is 17.1 Å². The van der Waals surface area contributed by atoms with Crippen LogP contribution in [0.3, 0.4) is 0 Å². The van der Waals surface area contributed by atoms with Crippen molar-refractivity contribution in [3.05, 3.63) is 52.4 Å². The van der Waals surface area contributed by atoms with Gasteiger partial charge in [-0.3, -0.25) is 4.79 Å². The quantitative estimate of drug-likeness (QED) is 0.871. The van der Waals surface area contributed by atoms with E-state index >= 15 is 0 Å². The van der Waals surface area contributed by atoms with Crippen molar-refractivity contribution in [2.24, 2.45) is 0 Å². The Morgan fingerprint density at radius 1 is 1.23 bits per heavy atom. The highest BCUT2D eigenvalue weighted by molar-refractivity contribution is 6.30. The van der Waals surface area contributed by atoms with Crippen LogP contribution in [0.4, 0.5) is 5.69 Å². The number of anilines is 1. The maximum Gasteiger partial charge on any atom is 0.342 e. The number of hydrogen-bond acceptors (Lipinski definition) is 4. The van der Waals surface area contributed by atoms with Gasteiger partial charge in [-0.15, -0.1) is 0 Å². The monoisotopic (exact) mass is 321 g/mol. The third kappa shape index (κ3) is 3.89. The number of halogens is 1. The summed E-state index contributed by atoms with van der Waals surface area (Å²) in [6.45, 7) is 4.91. The molecule has 0 aliphatic rings. The molecule has 1 aromatic carbocycles. The summed E-state index contributed by atoms with van der Waals surface area (Å²) in [7, 11) is 0. The minimum Gasteiger partial charge on any atom is -0.466 e. The Kier molecular flexibility index (Phi) is 4.88. The average molecular weight is 322 g/mol. The van der Waals surface area contributed by atoms with E-state index in [0.29, 0.717) is 27.8 Å². The molecule has 116 valence electrons. The van der Waals surface area contributed by atoms with Gasteiger partial charge < -0.3 is 14.5 Å². The van der Waals surface area contributed by atoms with E-state index in [4.69, 9.17) is 20.8 Å². The van der Waals surface area contributed by atoms with Crippen molar-refractivity contribution < 1.29 is 18.7 Å².